The van der Waals surface area contributed by atoms with Crippen LogP contribution in [0.1, 0.15) is 24.2 Å². The number of ether oxygens (including phenoxy) is 2. The first-order valence-corrected chi connectivity index (χ1v) is 4.23. The minimum Gasteiger partial charge on any atom is -0.508 e. The molecular weight excluding hydrogens is 184 g/mol. The van der Waals surface area contributed by atoms with Gasteiger partial charge in [0.05, 0.1) is 0 Å². The van der Waals surface area contributed by atoms with Gasteiger partial charge in [-0.05, 0) is 12.1 Å². The highest BCUT2D eigenvalue weighted by Crippen LogP contribution is 2.33. The lowest BCUT2D eigenvalue weighted by atomic mass is 10.1. The van der Waals surface area contributed by atoms with Crippen molar-refractivity contribution in [2.75, 3.05) is 0 Å². The molecule has 1 aliphatic heterocycles. The van der Waals surface area contributed by atoms with E-state index in [-0.39, 0.29) is 5.75 Å². The predicted octanol–water partition coefficient (Wildman–Crippen LogP) is 1.68. The van der Waals surface area contributed by atoms with Crippen LogP contribution >= 0.6 is 0 Å². The lowest BCUT2D eigenvalue weighted by Crippen LogP contribution is -2.38. The van der Waals surface area contributed by atoms with Crippen molar-refractivity contribution in [1.29, 1.82) is 0 Å². The van der Waals surface area contributed by atoms with Crippen LogP contribution in [-0.2, 0) is 4.74 Å². The number of carbonyl (C=O) groups excluding carboxylic acids is 1. The smallest absolute Gasteiger partial charge is 0.345 e. The zero-order valence-electron chi connectivity index (χ0n) is 7.90. The Morgan fingerprint density at radius 3 is 2.71 bits per heavy atom. The number of esters is 1. The second-order valence-electron chi connectivity index (χ2n) is 3.57. The molecule has 0 unspecified atom stereocenters. The van der Waals surface area contributed by atoms with Gasteiger partial charge in [-0.15, -0.1) is 0 Å². The van der Waals surface area contributed by atoms with Gasteiger partial charge in [0, 0.05) is 19.9 Å². The van der Waals surface area contributed by atoms with E-state index in [9.17, 15) is 9.90 Å². The van der Waals surface area contributed by atoms with Gasteiger partial charge < -0.3 is 14.6 Å². The molecule has 0 aliphatic carbocycles. The lowest BCUT2D eigenvalue weighted by molar-refractivity contribution is -0.127. The third-order valence-electron chi connectivity index (χ3n) is 1.88. The number of hydrogen-bond donors (Lipinski definition) is 1. The van der Waals surface area contributed by atoms with Gasteiger partial charge in [0.1, 0.15) is 17.1 Å². The molecule has 0 saturated heterocycles. The Labute approximate surface area is 81.1 Å². The fourth-order valence-electron chi connectivity index (χ4n) is 1.33. The second kappa shape index (κ2) is 2.64. The van der Waals surface area contributed by atoms with Crippen LogP contribution in [0.25, 0.3) is 0 Å². The molecule has 0 fully saturated rings. The maximum absolute atomic E-state index is 11.4. The van der Waals surface area contributed by atoms with Crippen molar-refractivity contribution in [3.8, 4) is 11.5 Å². The van der Waals surface area contributed by atoms with Crippen molar-refractivity contribution < 1.29 is 19.4 Å². The van der Waals surface area contributed by atoms with E-state index < -0.39 is 11.8 Å². The fraction of sp³-hybridized carbons (Fsp3) is 0.300. The molecule has 1 aliphatic rings. The largest absolute Gasteiger partial charge is 0.508 e. The third kappa shape index (κ3) is 1.39. The third-order valence-corrected chi connectivity index (χ3v) is 1.88. The van der Waals surface area contributed by atoms with Crippen LogP contribution < -0.4 is 4.74 Å². The Balaban J connectivity index is 2.51. The minimum absolute atomic E-state index is 0.0641. The van der Waals surface area contributed by atoms with Crippen LogP contribution in [0.15, 0.2) is 18.2 Å². The molecular formula is C10H10O4. The highest BCUT2D eigenvalue weighted by molar-refractivity contribution is 5.93. The van der Waals surface area contributed by atoms with E-state index in [1.54, 1.807) is 13.8 Å². The van der Waals surface area contributed by atoms with Crippen molar-refractivity contribution in [2.45, 2.75) is 19.6 Å². The van der Waals surface area contributed by atoms with Crippen LogP contribution in [-0.4, -0.2) is 16.9 Å². The van der Waals surface area contributed by atoms with Crippen molar-refractivity contribution in [3.63, 3.8) is 0 Å². The highest BCUT2D eigenvalue weighted by Gasteiger charge is 2.33. The summed E-state index contributed by atoms with van der Waals surface area (Å²) in [6.07, 6.45) is 0. The first kappa shape index (κ1) is 8.87. The molecule has 1 aromatic carbocycles. The maximum Gasteiger partial charge on any atom is 0.345 e. The number of carbonyl (C=O) groups is 1. The summed E-state index contributed by atoms with van der Waals surface area (Å²) in [7, 11) is 0. The van der Waals surface area contributed by atoms with Crippen LogP contribution in [0.2, 0.25) is 0 Å². The SMILES string of the molecule is CC1(C)OC(=O)c2ccc(O)cc2O1. The van der Waals surface area contributed by atoms with E-state index in [1.807, 2.05) is 0 Å². The topological polar surface area (TPSA) is 55.8 Å². The lowest BCUT2D eigenvalue weighted by Gasteiger charge is -2.31. The summed E-state index contributed by atoms with van der Waals surface area (Å²) < 4.78 is 10.4. The molecule has 0 spiro atoms. The van der Waals surface area contributed by atoms with Gasteiger partial charge in [-0.3, -0.25) is 0 Å². The van der Waals surface area contributed by atoms with E-state index in [1.165, 1.54) is 18.2 Å². The zero-order valence-corrected chi connectivity index (χ0v) is 7.90. The van der Waals surface area contributed by atoms with Crippen LogP contribution in [0.3, 0.4) is 0 Å². The monoisotopic (exact) mass is 194 g/mol. The number of aromatic hydroxyl groups is 1. The molecule has 0 aromatic heterocycles. The molecule has 2 rings (SSSR count). The van der Waals surface area contributed by atoms with Crippen molar-refractivity contribution in [2.24, 2.45) is 0 Å². The summed E-state index contributed by atoms with van der Waals surface area (Å²) in [6, 6.07) is 4.29. The first-order valence-electron chi connectivity index (χ1n) is 4.23. The van der Waals surface area contributed by atoms with Gasteiger partial charge in [-0.2, -0.15) is 0 Å². The Hall–Kier alpha value is -1.71. The molecule has 4 nitrogen and oxygen atoms in total. The fourth-order valence-corrected chi connectivity index (χ4v) is 1.33. The number of rotatable bonds is 0. The molecule has 74 valence electrons. The Morgan fingerprint density at radius 1 is 1.29 bits per heavy atom. The normalized spacial score (nSPS) is 18.0. The minimum atomic E-state index is -0.974. The molecule has 1 N–H and O–H groups in total. The average Bonchev–Trinajstić information content (AvgIpc) is 2.00. The second-order valence-corrected chi connectivity index (χ2v) is 3.57. The Kier molecular flexibility index (Phi) is 1.67. The molecule has 14 heavy (non-hydrogen) atoms. The van der Waals surface area contributed by atoms with Gasteiger partial charge in [-0.1, -0.05) is 0 Å². The van der Waals surface area contributed by atoms with Crippen LogP contribution in [0.4, 0.5) is 0 Å². The van der Waals surface area contributed by atoms with Gasteiger partial charge in [0.2, 0.25) is 5.79 Å². The molecule has 1 aromatic rings. The number of benzene rings is 1. The summed E-state index contributed by atoms with van der Waals surface area (Å²) >= 11 is 0. The van der Waals surface area contributed by atoms with E-state index in [0.717, 1.165) is 0 Å². The number of cyclic esters (lactones) is 1. The summed E-state index contributed by atoms with van der Waals surface area (Å²) in [5.41, 5.74) is 0.335. The standard InChI is InChI=1S/C10H10O4/c1-10(2)13-8-5-6(11)3-4-7(8)9(12)14-10/h3-5,11H,1-2H3. The zero-order chi connectivity index (χ0) is 10.3. The van der Waals surface area contributed by atoms with E-state index >= 15 is 0 Å². The summed E-state index contributed by atoms with van der Waals surface area (Å²) in [5.74, 6) is -0.991. The van der Waals surface area contributed by atoms with Gasteiger partial charge in [0.25, 0.3) is 0 Å². The van der Waals surface area contributed by atoms with Crippen molar-refractivity contribution >= 4 is 5.97 Å². The van der Waals surface area contributed by atoms with Crippen molar-refractivity contribution in [3.05, 3.63) is 23.8 Å². The maximum atomic E-state index is 11.4. The number of fused-ring (bicyclic) bond motifs is 1. The van der Waals surface area contributed by atoms with Crippen LogP contribution in [0, 0.1) is 0 Å². The predicted molar refractivity (Wildman–Crippen MR) is 48.2 cm³/mol. The van der Waals surface area contributed by atoms with E-state index in [0.29, 0.717) is 11.3 Å². The van der Waals surface area contributed by atoms with E-state index in [2.05, 4.69) is 0 Å². The summed E-state index contributed by atoms with van der Waals surface area (Å²) in [4.78, 5) is 11.4. The Morgan fingerprint density at radius 2 is 2.00 bits per heavy atom. The number of hydrogen-bond acceptors (Lipinski definition) is 4. The molecule has 0 atom stereocenters. The van der Waals surface area contributed by atoms with E-state index in [4.69, 9.17) is 9.47 Å². The van der Waals surface area contributed by atoms with Gasteiger partial charge in [-0.25, -0.2) is 4.79 Å². The Bertz CT molecular complexity index is 395. The molecule has 0 saturated carbocycles. The summed E-state index contributed by atoms with van der Waals surface area (Å²) in [5, 5.41) is 9.21. The number of phenolic OH excluding ortho intramolecular Hbond substituents is 1. The first-order chi connectivity index (χ1) is 6.48. The van der Waals surface area contributed by atoms with Crippen molar-refractivity contribution in [1.82, 2.24) is 0 Å². The molecule has 4 heteroatoms. The number of phenols is 1. The quantitative estimate of drug-likeness (QED) is 0.638. The van der Waals surface area contributed by atoms with Gasteiger partial charge >= 0.3 is 5.97 Å². The average molecular weight is 194 g/mol. The van der Waals surface area contributed by atoms with Crippen LogP contribution in [0.5, 0.6) is 11.5 Å². The molecule has 0 radical (unpaired) electrons. The molecule has 1 heterocycles. The summed E-state index contributed by atoms with van der Waals surface area (Å²) in [6.45, 7) is 3.27. The molecule has 0 amide bonds. The van der Waals surface area contributed by atoms with Gasteiger partial charge in [0.15, 0.2) is 0 Å². The molecule has 0 bridgehead atoms. The highest BCUT2D eigenvalue weighted by atomic mass is 16.7.